The molecule has 86 valence electrons. The number of hydrogen-bond donors (Lipinski definition) is 1. The lowest BCUT2D eigenvalue weighted by Crippen LogP contribution is -2.04. The molecule has 1 heterocycles. The van der Waals surface area contributed by atoms with Gasteiger partial charge < -0.3 is 10.5 Å². The van der Waals surface area contributed by atoms with Crippen LogP contribution in [-0.2, 0) is 0 Å². The highest BCUT2D eigenvalue weighted by molar-refractivity contribution is 5.15. The largest absolute Gasteiger partial charge is 0.450 e. The molecule has 0 fully saturated rings. The van der Waals surface area contributed by atoms with Crippen LogP contribution >= 0.6 is 0 Å². The smallest absolute Gasteiger partial charge is 0.317 e. The Kier molecular flexibility index (Phi) is 4.74. The Bertz CT molecular complexity index is 404. The van der Waals surface area contributed by atoms with E-state index in [-0.39, 0.29) is 6.61 Å². The van der Waals surface area contributed by atoms with Gasteiger partial charge in [0.15, 0.2) is 6.61 Å². The number of aromatic nitrogens is 2. The molecule has 0 saturated heterocycles. The van der Waals surface area contributed by atoms with Crippen molar-refractivity contribution < 1.29 is 4.74 Å². The maximum absolute atomic E-state index is 5.33. The number of rotatable bonds is 3. The Morgan fingerprint density at radius 1 is 1.38 bits per heavy atom. The van der Waals surface area contributed by atoms with E-state index in [0.717, 1.165) is 11.4 Å². The lowest BCUT2D eigenvalue weighted by atomic mass is 10.1. The molecule has 0 amide bonds. The summed E-state index contributed by atoms with van der Waals surface area (Å²) in [6.45, 7) is 6.71. The van der Waals surface area contributed by atoms with Gasteiger partial charge in [0, 0.05) is 5.69 Å². The van der Waals surface area contributed by atoms with Crippen molar-refractivity contribution in [2.45, 2.75) is 26.7 Å². The Balaban J connectivity index is 2.72. The third-order valence-electron chi connectivity index (χ3n) is 1.95. The maximum Gasteiger partial charge on any atom is 0.317 e. The topological polar surface area (TPSA) is 61.0 Å². The molecule has 4 nitrogen and oxygen atoms in total. The van der Waals surface area contributed by atoms with Crippen LogP contribution in [0, 0.1) is 18.8 Å². The summed E-state index contributed by atoms with van der Waals surface area (Å²) < 4.78 is 5.33. The zero-order chi connectivity index (χ0) is 12.0. The first kappa shape index (κ1) is 12.5. The third kappa shape index (κ3) is 3.87. The summed E-state index contributed by atoms with van der Waals surface area (Å²) in [6, 6.07) is 2.35. The number of aryl methyl sites for hydroxylation is 1. The highest BCUT2D eigenvalue weighted by atomic mass is 16.5. The van der Waals surface area contributed by atoms with Crippen LogP contribution in [0.5, 0.6) is 6.01 Å². The molecule has 4 heteroatoms. The molecular weight excluding hydrogens is 202 g/mol. The van der Waals surface area contributed by atoms with Crippen molar-refractivity contribution in [1.29, 1.82) is 0 Å². The van der Waals surface area contributed by atoms with Crippen molar-refractivity contribution in [3.8, 4) is 17.9 Å². The van der Waals surface area contributed by atoms with Crippen LogP contribution in [0.1, 0.15) is 31.2 Å². The predicted molar refractivity (Wildman–Crippen MR) is 63.2 cm³/mol. The van der Waals surface area contributed by atoms with Gasteiger partial charge in [-0.15, -0.1) is 0 Å². The van der Waals surface area contributed by atoms with Crippen LogP contribution in [-0.4, -0.2) is 23.1 Å². The molecule has 16 heavy (non-hydrogen) atoms. The predicted octanol–water partition coefficient (Wildman–Crippen LogP) is 1.25. The second kappa shape index (κ2) is 6.09. The van der Waals surface area contributed by atoms with Gasteiger partial charge in [0.1, 0.15) is 0 Å². The number of nitrogens with two attached hydrogens (primary N) is 1. The van der Waals surface area contributed by atoms with E-state index in [0.29, 0.717) is 18.5 Å². The van der Waals surface area contributed by atoms with E-state index >= 15 is 0 Å². The van der Waals surface area contributed by atoms with E-state index in [9.17, 15) is 0 Å². The molecule has 2 N–H and O–H groups in total. The van der Waals surface area contributed by atoms with Crippen LogP contribution in [0.15, 0.2) is 6.07 Å². The molecule has 0 aliphatic rings. The van der Waals surface area contributed by atoms with E-state index in [1.54, 1.807) is 0 Å². The fourth-order valence-electron chi connectivity index (χ4n) is 1.15. The monoisotopic (exact) mass is 219 g/mol. The summed E-state index contributed by atoms with van der Waals surface area (Å²) in [6.07, 6.45) is 0. The van der Waals surface area contributed by atoms with Crippen LogP contribution in [0.3, 0.4) is 0 Å². The van der Waals surface area contributed by atoms with Gasteiger partial charge in [0.05, 0.1) is 12.2 Å². The summed E-state index contributed by atoms with van der Waals surface area (Å²) >= 11 is 0. The summed E-state index contributed by atoms with van der Waals surface area (Å²) in [7, 11) is 0. The van der Waals surface area contributed by atoms with Crippen molar-refractivity contribution in [2.24, 2.45) is 5.73 Å². The lowest BCUT2D eigenvalue weighted by molar-refractivity contribution is 0.336. The molecule has 0 atom stereocenters. The number of nitrogens with zero attached hydrogens (tertiary/aromatic N) is 2. The Hall–Kier alpha value is -1.60. The van der Waals surface area contributed by atoms with Gasteiger partial charge in [-0.2, -0.15) is 4.98 Å². The summed E-state index contributed by atoms with van der Waals surface area (Å²) in [5.41, 5.74) is 7.12. The number of ether oxygens (including phenoxy) is 1. The van der Waals surface area contributed by atoms with E-state index in [2.05, 4.69) is 35.7 Å². The van der Waals surface area contributed by atoms with Crippen molar-refractivity contribution in [3.05, 3.63) is 17.5 Å². The molecule has 0 radical (unpaired) electrons. The van der Waals surface area contributed by atoms with Gasteiger partial charge in [0.25, 0.3) is 0 Å². The zero-order valence-corrected chi connectivity index (χ0v) is 9.95. The van der Waals surface area contributed by atoms with Crippen LogP contribution < -0.4 is 10.5 Å². The average molecular weight is 219 g/mol. The maximum atomic E-state index is 5.33. The molecule has 0 saturated carbocycles. The molecular formula is C12H17N3O. The molecule has 0 aromatic carbocycles. The van der Waals surface area contributed by atoms with E-state index in [1.807, 2.05) is 13.0 Å². The van der Waals surface area contributed by atoms with E-state index in [4.69, 9.17) is 10.5 Å². The Labute approximate surface area is 96.2 Å². The standard InChI is InChI=1S/C12H17N3O/c1-9(2)11-8-10(3)14-12(15-11)16-7-5-4-6-13/h8-9H,6-7,13H2,1-3H3. The van der Waals surface area contributed by atoms with Gasteiger partial charge in [-0.05, 0) is 18.9 Å². The highest BCUT2D eigenvalue weighted by Crippen LogP contribution is 2.15. The second-order valence-electron chi connectivity index (χ2n) is 3.72. The molecule has 1 rings (SSSR count). The molecule has 0 spiro atoms. The third-order valence-corrected chi connectivity index (χ3v) is 1.95. The SMILES string of the molecule is Cc1cc(C(C)C)nc(OCC#CCN)n1. The Morgan fingerprint density at radius 2 is 2.12 bits per heavy atom. The summed E-state index contributed by atoms with van der Waals surface area (Å²) in [5, 5.41) is 0. The normalized spacial score (nSPS) is 9.81. The van der Waals surface area contributed by atoms with Gasteiger partial charge in [0.2, 0.25) is 0 Å². The molecule has 0 aliphatic heterocycles. The lowest BCUT2D eigenvalue weighted by Gasteiger charge is -2.07. The van der Waals surface area contributed by atoms with Gasteiger partial charge in [-0.25, -0.2) is 4.98 Å². The first-order valence-electron chi connectivity index (χ1n) is 5.27. The Morgan fingerprint density at radius 3 is 2.75 bits per heavy atom. The summed E-state index contributed by atoms with van der Waals surface area (Å²) in [5.74, 6) is 5.85. The van der Waals surface area contributed by atoms with Gasteiger partial charge in [-0.1, -0.05) is 25.7 Å². The fraction of sp³-hybridized carbons (Fsp3) is 0.500. The zero-order valence-electron chi connectivity index (χ0n) is 9.95. The molecule has 0 aliphatic carbocycles. The first-order chi connectivity index (χ1) is 7.63. The van der Waals surface area contributed by atoms with Gasteiger partial charge >= 0.3 is 6.01 Å². The fourth-order valence-corrected chi connectivity index (χ4v) is 1.15. The van der Waals surface area contributed by atoms with E-state index < -0.39 is 0 Å². The molecule has 1 aromatic heterocycles. The minimum atomic E-state index is 0.276. The highest BCUT2D eigenvalue weighted by Gasteiger charge is 2.05. The minimum absolute atomic E-state index is 0.276. The van der Waals surface area contributed by atoms with Crippen LogP contribution in [0.25, 0.3) is 0 Å². The van der Waals surface area contributed by atoms with E-state index in [1.165, 1.54) is 0 Å². The van der Waals surface area contributed by atoms with Crippen molar-refractivity contribution in [2.75, 3.05) is 13.2 Å². The van der Waals surface area contributed by atoms with Crippen molar-refractivity contribution in [1.82, 2.24) is 9.97 Å². The quantitative estimate of drug-likeness (QED) is 0.777. The first-order valence-corrected chi connectivity index (χ1v) is 5.27. The number of hydrogen-bond acceptors (Lipinski definition) is 4. The van der Waals surface area contributed by atoms with Gasteiger partial charge in [-0.3, -0.25) is 0 Å². The van der Waals surface area contributed by atoms with Crippen molar-refractivity contribution >= 4 is 0 Å². The van der Waals surface area contributed by atoms with Crippen LogP contribution in [0.2, 0.25) is 0 Å². The molecule has 0 bridgehead atoms. The second-order valence-corrected chi connectivity index (χ2v) is 3.72. The average Bonchev–Trinajstić information content (AvgIpc) is 2.23. The van der Waals surface area contributed by atoms with Crippen LogP contribution in [0.4, 0.5) is 0 Å². The van der Waals surface area contributed by atoms with Crippen molar-refractivity contribution in [3.63, 3.8) is 0 Å². The molecule has 1 aromatic rings. The summed E-state index contributed by atoms with van der Waals surface area (Å²) in [4.78, 5) is 8.48. The molecule has 0 unspecified atom stereocenters. The minimum Gasteiger partial charge on any atom is -0.450 e.